The number of hydrogen-bond acceptors (Lipinski definition) is 2. The molecular formula is C16H32N2. The lowest BCUT2D eigenvalue weighted by Gasteiger charge is -2.33. The fraction of sp³-hybridized carbons (Fsp3) is 1.00. The third-order valence-electron chi connectivity index (χ3n) is 5.16. The lowest BCUT2D eigenvalue weighted by molar-refractivity contribution is 0.215. The number of hydrogen-bond donors (Lipinski definition) is 1. The minimum Gasteiger partial charge on any atom is -0.313 e. The van der Waals surface area contributed by atoms with Crippen molar-refractivity contribution in [2.24, 2.45) is 11.8 Å². The topological polar surface area (TPSA) is 15.3 Å². The van der Waals surface area contributed by atoms with E-state index in [1.807, 2.05) is 0 Å². The molecule has 0 aromatic carbocycles. The quantitative estimate of drug-likeness (QED) is 0.826. The van der Waals surface area contributed by atoms with Crippen LogP contribution >= 0.6 is 0 Å². The SMILES string of the molecule is CC1CCC(NCCN2CCCCCC2)CC1C. The second-order valence-corrected chi connectivity index (χ2v) is 6.67. The van der Waals surface area contributed by atoms with Gasteiger partial charge in [0.15, 0.2) is 0 Å². The average molecular weight is 252 g/mol. The summed E-state index contributed by atoms with van der Waals surface area (Å²) in [5, 5.41) is 3.80. The Balaban J connectivity index is 1.60. The van der Waals surface area contributed by atoms with Crippen LogP contribution in [0.4, 0.5) is 0 Å². The Bertz CT molecular complexity index is 221. The highest BCUT2D eigenvalue weighted by Crippen LogP contribution is 2.29. The molecule has 1 saturated carbocycles. The number of rotatable bonds is 4. The Morgan fingerprint density at radius 1 is 0.944 bits per heavy atom. The zero-order valence-corrected chi connectivity index (χ0v) is 12.5. The van der Waals surface area contributed by atoms with E-state index in [1.54, 1.807) is 0 Å². The Labute approximate surface area is 114 Å². The zero-order valence-electron chi connectivity index (χ0n) is 12.5. The molecular weight excluding hydrogens is 220 g/mol. The average Bonchev–Trinajstić information content (AvgIpc) is 2.62. The molecule has 2 heteroatoms. The number of nitrogens with zero attached hydrogens (tertiary/aromatic N) is 1. The summed E-state index contributed by atoms with van der Waals surface area (Å²) in [6, 6.07) is 0.795. The van der Waals surface area contributed by atoms with Gasteiger partial charge in [0.05, 0.1) is 0 Å². The van der Waals surface area contributed by atoms with Gasteiger partial charge >= 0.3 is 0 Å². The van der Waals surface area contributed by atoms with Crippen LogP contribution in [0, 0.1) is 11.8 Å². The van der Waals surface area contributed by atoms with E-state index >= 15 is 0 Å². The van der Waals surface area contributed by atoms with Gasteiger partial charge in [-0.05, 0) is 57.0 Å². The smallest absolute Gasteiger partial charge is 0.0107 e. The van der Waals surface area contributed by atoms with Crippen LogP contribution in [0.25, 0.3) is 0 Å². The van der Waals surface area contributed by atoms with Gasteiger partial charge in [-0.25, -0.2) is 0 Å². The van der Waals surface area contributed by atoms with E-state index < -0.39 is 0 Å². The first-order valence-corrected chi connectivity index (χ1v) is 8.21. The van der Waals surface area contributed by atoms with E-state index in [4.69, 9.17) is 0 Å². The van der Waals surface area contributed by atoms with Crippen molar-refractivity contribution < 1.29 is 0 Å². The van der Waals surface area contributed by atoms with E-state index in [2.05, 4.69) is 24.1 Å². The van der Waals surface area contributed by atoms with Crippen LogP contribution in [0.5, 0.6) is 0 Å². The molecule has 0 amide bonds. The highest BCUT2D eigenvalue weighted by atomic mass is 15.1. The summed E-state index contributed by atoms with van der Waals surface area (Å²) in [4.78, 5) is 2.66. The van der Waals surface area contributed by atoms with Gasteiger partial charge in [-0.3, -0.25) is 0 Å². The minimum absolute atomic E-state index is 0.795. The van der Waals surface area contributed by atoms with Gasteiger partial charge in [-0.15, -0.1) is 0 Å². The molecule has 1 aliphatic carbocycles. The highest BCUT2D eigenvalue weighted by molar-refractivity contribution is 4.80. The van der Waals surface area contributed by atoms with Crippen molar-refractivity contribution in [3.8, 4) is 0 Å². The molecule has 0 aromatic rings. The van der Waals surface area contributed by atoms with Crippen molar-refractivity contribution >= 4 is 0 Å². The standard InChI is InChI=1S/C16H32N2/c1-14-7-8-16(13-15(14)2)17-9-12-18-10-5-3-4-6-11-18/h14-17H,3-13H2,1-2H3. The molecule has 1 aliphatic heterocycles. The first-order chi connectivity index (χ1) is 8.75. The van der Waals surface area contributed by atoms with E-state index in [1.165, 1.54) is 71.1 Å². The number of nitrogens with one attached hydrogen (secondary N) is 1. The van der Waals surface area contributed by atoms with Crippen LogP contribution in [0.15, 0.2) is 0 Å². The van der Waals surface area contributed by atoms with Crippen LogP contribution in [0.2, 0.25) is 0 Å². The summed E-state index contributed by atoms with van der Waals surface area (Å²) in [7, 11) is 0. The maximum atomic E-state index is 3.80. The van der Waals surface area contributed by atoms with Gasteiger partial charge in [-0.2, -0.15) is 0 Å². The van der Waals surface area contributed by atoms with Gasteiger partial charge in [0.25, 0.3) is 0 Å². The summed E-state index contributed by atoms with van der Waals surface area (Å²) in [5.41, 5.74) is 0. The summed E-state index contributed by atoms with van der Waals surface area (Å²) >= 11 is 0. The maximum absolute atomic E-state index is 3.80. The van der Waals surface area contributed by atoms with Crippen LogP contribution in [0.1, 0.15) is 58.8 Å². The van der Waals surface area contributed by atoms with Crippen molar-refractivity contribution in [3.63, 3.8) is 0 Å². The van der Waals surface area contributed by atoms with Gasteiger partial charge in [0.2, 0.25) is 0 Å². The molecule has 1 heterocycles. The minimum atomic E-state index is 0.795. The van der Waals surface area contributed by atoms with Crippen LogP contribution in [-0.4, -0.2) is 37.1 Å². The second-order valence-electron chi connectivity index (χ2n) is 6.67. The Morgan fingerprint density at radius 2 is 1.67 bits per heavy atom. The zero-order chi connectivity index (χ0) is 12.8. The molecule has 2 fully saturated rings. The highest BCUT2D eigenvalue weighted by Gasteiger charge is 2.23. The third-order valence-corrected chi connectivity index (χ3v) is 5.16. The maximum Gasteiger partial charge on any atom is 0.0107 e. The summed E-state index contributed by atoms with van der Waals surface area (Å²) in [6.45, 7) is 9.97. The Hall–Kier alpha value is -0.0800. The van der Waals surface area contributed by atoms with Gasteiger partial charge in [0, 0.05) is 19.1 Å². The van der Waals surface area contributed by atoms with Crippen molar-refractivity contribution in [3.05, 3.63) is 0 Å². The lowest BCUT2D eigenvalue weighted by Crippen LogP contribution is -2.40. The van der Waals surface area contributed by atoms with Crippen molar-refractivity contribution in [2.45, 2.75) is 64.8 Å². The molecule has 2 aliphatic rings. The molecule has 106 valence electrons. The monoisotopic (exact) mass is 252 g/mol. The molecule has 2 nitrogen and oxygen atoms in total. The second kappa shape index (κ2) is 7.49. The Morgan fingerprint density at radius 3 is 2.33 bits per heavy atom. The van der Waals surface area contributed by atoms with Gasteiger partial charge in [0.1, 0.15) is 0 Å². The number of likely N-dealkylation sites (tertiary alicyclic amines) is 1. The van der Waals surface area contributed by atoms with E-state index in [9.17, 15) is 0 Å². The molecule has 2 rings (SSSR count). The predicted molar refractivity (Wildman–Crippen MR) is 78.9 cm³/mol. The summed E-state index contributed by atoms with van der Waals surface area (Å²) in [6.07, 6.45) is 9.93. The molecule has 0 spiro atoms. The lowest BCUT2D eigenvalue weighted by atomic mass is 9.79. The molecule has 0 bridgehead atoms. The first kappa shape index (κ1) is 14.3. The summed E-state index contributed by atoms with van der Waals surface area (Å²) < 4.78 is 0. The molecule has 3 unspecified atom stereocenters. The molecule has 1 saturated heterocycles. The molecule has 0 aromatic heterocycles. The van der Waals surface area contributed by atoms with Crippen molar-refractivity contribution in [2.75, 3.05) is 26.2 Å². The van der Waals surface area contributed by atoms with Crippen LogP contribution in [0.3, 0.4) is 0 Å². The fourth-order valence-electron chi connectivity index (χ4n) is 3.52. The fourth-order valence-corrected chi connectivity index (χ4v) is 3.52. The molecule has 0 radical (unpaired) electrons. The van der Waals surface area contributed by atoms with E-state index in [0.717, 1.165) is 17.9 Å². The molecule has 3 atom stereocenters. The first-order valence-electron chi connectivity index (χ1n) is 8.21. The summed E-state index contributed by atoms with van der Waals surface area (Å²) in [5.74, 6) is 1.85. The largest absolute Gasteiger partial charge is 0.313 e. The third kappa shape index (κ3) is 4.55. The Kier molecular flexibility index (Phi) is 5.97. The molecule has 18 heavy (non-hydrogen) atoms. The molecule has 1 N–H and O–H groups in total. The van der Waals surface area contributed by atoms with Crippen molar-refractivity contribution in [1.82, 2.24) is 10.2 Å². The normalized spacial score (nSPS) is 35.3. The van der Waals surface area contributed by atoms with Crippen LogP contribution < -0.4 is 5.32 Å². The van der Waals surface area contributed by atoms with Crippen molar-refractivity contribution in [1.29, 1.82) is 0 Å². The van der Waals surface area contributed by atoms with Crippen LogP contribution in [-0.2, 0) is 0 Å². The predicted octanol–water partition coefficient (Wildman–Crippen LogP) is 3.28. The van der Waals surface area contributed by atoms with Gasteiger partial charge < -0.3 is 10.2 Å². The van der Waals surface area contributed by atoms with E-state index in [0.29, 0.717) is 0 Å². The van der Waals surface area contributed by atoms with Gasteiger partial charge in [-0.1, -0.05) is 26.7 Å². The van der Waals surface area contributed by atoms with E-state index in [-0.39, 0.29) is 0 Å².